The smallest absolute Gasteiger partial charge is 0.191 e. The largest absolute Gasteiger partial charge is 0.494 e. The summed E-state index contributed by atoms with van der Waals surface area (Å²) in [6.07, 6.45) is 5.00. The Kier molecular flexibility index (Phi) is 8.23. The Labute approximate surface area is 158 Å². The van der Waals surface area contributed by atoms with Crippen LogP contribution in [0.25, 0.3) is 0 Å². The van der Waals surface area contributed by atoms with Crippen molar-refractivity contribution in [3.05, 3.63) is 29.3 Å². The van der Waals surface area contributed by atoms with E-state index in [9.17, 15) is 0 Å². The topological polar surface area (TPSA) is 54.9 Å². The molecule has 146 valence electrons. The molecule has 0 radical (unpaired) electrons. The minimum Gasteiger partial charge on any atom is -0.494 e. The third kappa shape index (κ3) is 5.90. The molecule has 1 aromatic carbocycles. The number of nitrogens with one attached hydrogen (secondary N) is 2. The fourth-order valence-corrected chi connectivity index (χ4v) is 3.42. The van der Waals surface area contributed by atoms with E-state index in [-0.39, 0.29) is 0 Å². The molecule has 1 aliphatic carbocycles. The molecule has 0 bridgehead atoms. The van der Waals surface area contributed by atoms with E-state index in [0.717, 1.165) is 43.4 Å². The van der Waals surface area contributed by atoms with Crippen LogP contribution in [0.15, 0.2) is 23.2 Å². The maximum atomic E-state index is 5.61. The van der Waals surface area contributed by atoms with Crippen molar-refractivity contribution in [2.24, 2.45) is 10.4 Å². The summed E-state index contributed by atoms with van der Waals surface area (Å²) in [5.74, 6) is 1.85. The quantitative estimate of drug-likeness (QED) is 0.493. The Balaban J connectivity index is 1.94. The van der Waals surface area contributed by atoms with Crippen molar-refractivity contribution < 1.29 is 9.47 Å². The number of nitrogens with zero attached hydrogens (tertiary/aromatic N) is 1. The molecule has 5 heteroatoms. The average molecular weight is 362 g/mol. The first-order valence-electron chi connectivity index (χ1n) is 9.86. The summed E-state index contributed by atoms with van der Waals surface area (Å²) >= 11 is 0. The Morgan fingerprint density at radius 3 is 2.62 bits per heavy atom. The van der Waals surface area contributed by atoms with Crippen LogP contribution in [-0.2, 0) is 11.3 Å². The predicted octanol–water partition coefficient (Wildman–Crippen LogP) is 3.66. The number of ether oxygens (including phenoxy) is 2. The van der Waals surface area contributed by atoms with Crippen LogP contribution in [0.3, 0.4) is 0 Å². The maximum Gasteiger partial charge on any atom is 0.191 e. The molecule has 0 aromatic heterocycles. The summed E-state index contributed by atoms with van der Waals surface area (Å²) in [7, 11) is 1.78. The van der Waals surface area contributed by atoms with Crippen molar-refractivity contribution in [3.8, 4) is 5.75 Å². The minimum absolute atomic E-state index is 0.377. The number of benzene rings is 1. The van der Waals surface area contributed by atoms with Gasteiger partial charge in [-0.05, 0) is 62.6 Å². The zero-order chi connectivity index (χ0) is 18.8. The van der Waals surface area contributed by atoms with Gasteiger partial charge in [-0.15, -0.1) is 0 Å². The average Bonchev–Trinajstić information content (AvgIpc) is 2.60. The second-order valence-corrected chi connectivity index (χ2v) is 7.18. The number of rotatable bonds is 10. The van der Waals surface area contributed by atoms with Gasteiger partial charge in [0.25, 0.3) is 0 Å². The van der Waals surface area contributed by atoms with Crippen molar-refractivity contribution >= 4 is 5.96 Å². The summed E-state index contributed by atoms with van der Waals surface area (Å²) in [5, 5.41) is 6.91. The highest BCUT2D eigenvalue weighted by Crippen LogP contribution is 2.43. The van der Waals surface area contributed by atoms with Crippen LogP contribution in [0.2, 0.25) is 0 Å². The van der Waals surface area contributed by atoms with Gasteiger partial charge in [-0.25, -0.2) is 4.99 Å². The maximum absolute atomic E-state index is 5.61. The third-order valence-corrected chi connectivity index (χ3v) is 5.18. The molecular formula is C21H35N3O2. The molecule has 2 rings (SSSR count). The molecule has 0 saturated heterocycles. The highest BCUT2D eigenvalue weighted by Gasteiger charge is 2.36. The number of aliphatic imine (C=N–C) groups is 1. The van der Waals surface area contributed by atoms with Gasteiger partial charge < -0.3 is 20.1 Å². The van der Waals surface area contributed by atoms with Gasteiger partial charge in [0.15, 0.2) is 5.96 Å². The third-order valence-electron chi connectivity index (χ3n) is 5.18. The molecule has 26 heavy (non-hydrogen) atoms. The molecular weight excluding hydrogens is 326 g/mol. The van der Waals surface area contributed by atoms with Gasteiger partial charge in [-0.2, -0.15) is 0 Å². The van der Waals surface area contributed by atoms with E-state index in [1.54, 1.807) is 7.11 Å². The minimum atomic E-state index is 0.377. The lowest BCUT2D eigenvalue weighted by atomic mass is 9.67. The first kappa shape index (κ1) is 20.6. The van der Waals surface area contributed by atoms with Crippen LogP contribution in [0, 0.1) is 12.3 Å². The van der Waals surface area contributed by atoms with Crippen LogP contribution in [0.1, 0.15) is 50.7 Å². The van der Waals surface area contributed by atoms with Crippen LogP contribution < -0.4 is 15.4 Å². The van der Waals surface area contributed by atoms with Crippen molar-refractivity contribution in [2.45, 2.75) is 53.0 Å². The van der Waals surface area contributed by atoms with Crippen molar-refractivity contribution in [1.29, 1.82) is 0 Å². The summed E-state index contributed by atoms with van der Waals surface area (Å²) in [5.41, 5.74) is 2.73. The van der Waals surface area contributed by atoms with E-state index >= 15 is 0 Å². The van der Waals surface area contributed by atoms with Gasteiger partial charge in [0.2, 0.25) is 0 Å². The Hall–Kier alpha value is -1.75. The van der Waals surface area contributed by atoms with Gasteiger partial charge in [-0.1, -0.05) is 18.6 Å². The normalized spacial score (nSPS) is 16.1. The van der Waals surface area contributed by atoms with Gasteiger partial charge in [-0.3, -0.25) is 0 Å². The molecule has 1 aliphatic rings. The molecule has 2 N–H and O–H groups in total. The lowest BCUT2D eigenvalue weighted by molar-refractivity contribution is 0.0732. The van der Waals surface area contributed by atoms with Crippen LogP contribution in [0.5, 0.6) is 5.75 Å². The molecule has 0 atom stereocenters. The molecule has 0 unspecified atom stereocenters. The van der Waals surface area contributed by atoms with Crippen molar-refractivity contribution in [1.82, 2.24) is 10.6 Å². The Morgan fingerprint density at radius 2 is 2.04 bits per heavy atom. The summed E-state index contributed by atoms with van der Waals surface area (Å²) < 4.78 is 10.9. The van der Waals surface area contributed by atoms with E-state index in [1.165, 1.54) is 24.8 Å². The molecule has 0 spiro atoms. The number of aryl methyl sites for hydroxylation is 1. The monoisotopic (exact) mass is 361 g/mol. The second kappa shape index (κ2) is 10.4. The fourth-order valence-electron chi connectivity index (χ4n) is 3.42. The number of methoxy groups -OCH3 is 1. The second-order valence-electron chi connectivity index (χ2n) is 7.18. The highest BCUT2D eigenvalue weighted by atomic mass is 16.5. The van der Waals surface area contributed by atoms with Crippen LogP contribution in [0.4, 0.5) is 0 Å². The van der Waals surface area contributed by atoms with E-state index in [0.29, 0.717) is 18.6 Å². The Morgan fingerprint density at radius 1 is 1.23 bits per heavy atom. The van der Waals surface area contributed by atoms with Crippen molar-refractivity contribution in [2.75, 3.05) is 33.4 Å². The highest BCUT2D eigenvalue weighted by molar-refractivity contribution is 5.79. The zero-order valence-electron chi connectivity index (χ0n) is 16.9. The zero-order valence-corrected chi connectivity index (χ0v) is 16.9. The van der Waals surface area contributed by atoms with E-state index in [1.807, 2.05) is 13.0 Å². The molecule has 0 aliphatic heterocycles. The standard InChI is InChI=1S/C21H35N3O2/c1-5-22-20(24-16-21(10-7-11-21)12-13-25-4)23-15-18-8-9-19(26-6-2)17(3)14-18/h8-9,14H,5-7,10-13,15-16H2,1-4H3,(H2,22,23,24). The van der Waals surface area contributed by atoms with E-state index < -0.39 is 0 Å². The number of hydrogen-bond donors (Lipinski definition) is 2. The summed E-state index contributed by atoms with van der Waals surface area (Å²) in [6.45, 7) is 10.2. The molecule has 1 saturated carbocycles. The summed E-state index contributed by atoms with van der Waals surface area (Å²) in [4.78, 5) is 4.76. The van der Waals surface area contributed by atoms with Crippen LogP contribution >= 0.6 is 0 Å². The van der Waals surface area contributed by atoms with E-state index in [4.69, 9.17) is 14.5 Å². The van der Waals surface area contributed by atoms with Gasteiger partial charge >= 0.3 is 0 Å². The van der Waals surface area contributed by atoms with Crippen molar-refractivity contribution in [3.63, 3.8) is 0 Å². The first-order valence-corrected chi connectivity index (χ1v) is 9.86. The lowest BCUT2D eigenvalue weighted by Gasteiger charge is -2.42. The molecule has 1 fully saturated rings. The molecule has 0 heterocycles. The van der Waals surface area contributed by atoms with E-state index in [2.05, 4.69) is 36.6 Å². The molecule has 0 amide bonds. The van der Waals surface area contributed by atoms with Gasteiger partial charge in [0.1, 0.15) is 5.75 Å². The Bertz CT molecular complexity index is 583. The predicted molar refractivity (Wildman–Crippen MR) is 108 cm³/mol. The lowest BCUT2D eigenvalue weighted by Crippen LogP contribution is -2.46. The first-order chi connectivity index (χ1) is 12.6. The van der Waals surface area contributed by atoms with Gasteiger partial charge in [0.05, 0.1) is 13.2 Å². The molecule has 5 nitrogen and oxygen atoms in total. The SMILES string of the molecule is CCNC(=NCc1ccc(OCC)c(C)c1)NCC1(CCOC)CCC1. The van der Waals surface area contributed by atoms with Crippen LogP contribution in [-0.4, -0.2) is 39.4 Å². The number of hydrogen-bond acceptors (Lipinski definition) is 3. The molecule has 1 aromatic rings. The fraction of sp³-hybridized carbons (Fsp3) is 0.667. The number of guanidine groups is 1. The summed E-state index contributed by atoms with van der Waals surface area (Å²) in [6, 6.07) is 6.29. The van der Waals surface area contributed by atoms with Gasteiger partial charge in [0, 0.05) is 26.8 Å².